The summed E-state index contributed by atoms with van der Waals surface area (Å²) in [5, 5.41) is 15.6. The van der Waals surface area contributed by atoms with Gasteiger partial charge in [-0.15, -0.1) is 12.4 Å². The van der Waals surface area contributed by atoms with Crippen LogP contribution >= 0.6 is 12.4 Å². The minimum absolute atomic E-state index is 0. The summed E-state index contributed by atoms with van der Waals surface area (Å²) >= 11 is 0. The van der Waals surface area contributed by atoms with Crippen LogP contribution in [0.25, 0.3) is 10.8 Å². The number of aromatic carboxylic acids is 1. The van der Waals surface area contributed by atoms with Gasteiger partial charge in [0.15, 0.2) is 0 Å². The van der Waals surface area contributed by atoms with E-state index in [1.807, 2.05) is 43.3 Å². The van der Waals surface area contributed by atoms with Crippen LogP contribution in [0.4, 0.5) is 11.4 Å². The molecule has 1 aliphatic heterocycles. The Morgan fingerprint density at radius 2 is 1.80 bits per heavy atom. The largest absolute Gasteiger partial charge is 0.485 e. The SMILES string of the molecule is Cc1cc(N2CC(CNC(C)c3cccc4ccccc34)Oc3ccccc32)ccc1C(=O)O.Cl. The lowest BCUT2D eigenvalue weighted by Crippen LogP contribution is -2.44. The molecule has 5 rings (SSSR count). The summed E-state index contributed by atoms with van der Waals surface area (Å²) in [5.41, 5.74) is 4.29. The number of anilines is 2. The third-order valence-corrected chi connectivity index (χ3v) is 6.53. The standard InChI is InChI=1S/C29H28N2O3.ClH/c1-19-16-22(14-15-24(19)29(32)33)31-18-23(34-28-13-6-5-12-27(28)31)17-30-20(2)25-11-7-9-21-8-3-4-10-26(21)25;/h3-16,20,23,30H,17-18H2,1-2H3,(H,32,33);1H. The molecule has 0 aromatic heterocycles. The third-order valence-electron chi connectivity index (χ3n) is 6.53. The molecule has 6 heteroatoms. The van der Waals surface area contributed by atoms with Crippen molar-refractivity contribution < 1.29 is 14.6 Å². The number of nitrogens with one attached hydrogen (secondary N) is 1. The van der Waals surface area contributed by atoms with Crippen molar-refractivity contribution in [2.75, 3.05) is 18.0 Å². The van der Waals surface area contributed by atoms with Crippen molar-refractivity contribution in [2.45, 2.75) is 26.0 Å². The Hall–Kier alpha value is -3.54. The second-order valence-corrected chi connectivity index (χ2v) is 8.82. The molecular formula is C29H29ClN2O3. The van der Waals surface area contributed by atoms with Crippen molar-refractivity contribution >= 4 is 40.5 Å². The Morgan fingerprint density at radius 1 is 1.06 bits per heavy atom. The van der Waals surface area contributed by atoms with Gasteiger partial charge in [0.25, 0.3) is 0 Å². The Balaban J connectivity index is 0.00000289. The van der Waals surface area contributed by atoms with E-state index in [0.29, 0.717) is 18.7 Å². The van der Waals surface area contributed by atoms with Crippen LogP contribution < -0.4 is 15.0 Å². The molecule has 0 aliphatic carbocycles. The van der Waals surface area contributed by atoms with Crippen molar-refractivity contribution in [1.29, 1.82) is 0 Å². The fourth-order valence-corrected chi connectivity index (χ4v) is 4.75. The monoisotopic (exact) mass is 488 g/mol. The van der Waals surface area contributed by atoms with Gasteiger partial charge in [-0.2, -0.15) is 0 Å². The smallest absolute Gasteiger partial charge is 0.335 e. The summed E-state index contributed by atoms with van der Waals surface area (Å²) < 4.78 is 6.35. The highest BCUT2D eigenvalue weighted by Gasteiger charge is 2.27. The predicted molar refractivity (Wildman–Crippen MR) is 144 cm³/mol. The average Bonchev–Trinajstić information content (AvgIpc) is 2.86. The molecule has 0 radical (unpaired) electrons. The van der Waals surface area contributed by atoms with Gasteiger partial charge in [-0.25, -0.2) is 4.79 Å². The number of aryl methyl sites for hydroxylation is 1. The summed E-state index contributed by atoms with van der Waals surface area (Å²) in [5.74, 6) is -0.0748. The normalized spacial score (nSPS) is 15.6. The highest BCUT2D eigenvalue weighted by atomic mass is 35.5. The van der Waals surface area contributed by atoms with E-state index in [2.05, 4.69) is 59.6 Å². The first-order chi connectivity index (χ1) is 16.5. The minimum Gasteiger partial charge on any atom is -0.485 e. The Morgan fingerprint density at radius 3 is 2.60 bits per heavy atom. The lowest BCUT2D eigenvalue weighted by atomic mass is 9.99. The summed E-state index contributed by atoms with van der Waals surface area (Å²) in [6.45, 7) is 5.37. The minimum atomic E-state index is -0.907. The van der Waals surface area contributed by atoms with Crippen molar-refractivity contribution in [3.8, 4) is 5.75 Å². The van der Waals surface area contributed by atoms with E-state index in [1.54, 1.807) is 6.07 Å². The number of halogens is 1. The number of rotatable bonds is 6. The van der Waals surface area contributed by atoms with Gasteiger partial charge in [-0.05, 0) is 66.1 Å². The van der Waals surface area contributed by atoms with Crippen LogP contribution in [-0.4, -0.2) is 30.3 Å². The number of para-hydroxylation sites is 2. The lowest BCUT2D eigenvalue weighted by molar-refractivity contribution is 0.0696. The highest BCUT2D eigenvalue weighted by Crippen LogP contribution is 2.38. The quantitative estimate of drug-likeness (QED) is 0.323. The molecule has 0 saturated carbocycles. The van der Waals surface area contributed by atoms with E-state index in [9.17, 15) is 9.90 Å². The van der Waals surface area contributed by atoms with E-state index in [-0.39, 0.29) is 24.6 Å². The zero-order valence-electron chi connectivity index (χ0n) is 19.8. The van der Waals surface area contributed by atoms with E-state index < -0.39 is 5.97 Å². The van der Waals surface area contributed by atoms with Gasteiger partial charge >= 0.3 is 5.97 Å². The number of carboxylic acids is 1. The maximum atomic E-state index is 11.5. The van der Waals surface area contributed by atoms with E-state index in [4.69, 9.17) is 4.74 Å². The number of hydrogen-bond acceptors (Lipinski definition) is 4. The Kier molecular flexibility index (Phi) is 7.29. The zero-order chi connectivity index (χ0) is 23.7. The molecule has 0 fully saturated rings. The molecule has 0 spiro atoms. The van der Waals surface area contributed by atoms with Gasteiger partial charge in [0.2, 0.25) is 0 Å². The van der Waals surface area contributed by atoms with Crippen LogP contribution in [0.15, 0.2) is 84.9 Å². The van der Waals surface area contributed by atoms with E-state index >= 15 is 0 Å². The maximum absolute atomic E-state index is 11.5. The summed E-state index contributed by atoms with van der Waals surface area (Å²) in [6, 6.07) is 28.5. The van der Waals surface area contributed by atoms with Crippen LogP contribution in [0.3, 0.4) is 0 Å². The molecule has 0 bridgehead atoms. The molecule has 2 N–H and O–H groups in total. The van der Waals surface area contributed by atoms with Gasteiger partial charge in [0.1, 0.15) is 11.9 Å². The third kappa shape index (κ3) is 4.97. The van der Waals surface area contributed by atoms with E-state index in [0.717, 1.165) is 22.7 Å². The number of hydrogen-bond donors (Lipinski definition) is 2. The first-order valence-corrected chi connectivity index (χ1v) is 11.6. The topological polar surface area (TPSA) is 61.8 Å². The van der Waals surface area contributed by atoms with Gasteiger partial charge in [-0.3, -0.25) is 0 Å². The first kappa shape index (κ1) is 24.6. The number of carbonyl (C=O) groups is 1. The average molecular weight is 489 g/mol. The highest BCUT2D eigenvalue weighted by molar-refractivity contribution is 5.90. The molecule has 35 heavy (non-hydrogen) atoms. The number of carboxylic acid groups (broad SMARTS) is 1. The number of ether oxygens (including phenoxy) is 1. The molecule has 5 nitrogen and oxygen atoms in total. The van der Waals surface area contributed by atoms with Crippen LogP contribution in [0.1, 0.15) is 34.5 Å². The maximum Gasteiger partial charge on any atom is 0.335 e. The Labute approximate surface area is 211 Å². The summed E-state index contributed by atoms with van der Waals surface area (Å²) in [4.78, 5) is 13.7. The molecule has 4 aromatic rings. The number of benzene rings is 4. The van der Waals surface area contributed by atoms with E-state index in [1.165, 1.54) is 16.3 Å². The van der Waals surface area contributed by atoms with Crippen molar-refractivity contribution in [2.24, 2.45) is 0 Å². The van der Waals surface area contributed by atoms with Gasteiger partial charge in [-0.1, -0.05) is 54.6 Å². The number of nitrogens with zero attached hydrogens (tertiary/aromatic N) is 1. The summed E-state index contributed by atoms with van der Waals surface area (Å²) in [7, 11) is 0. The zero-order valence-corrected chi connectivity index (χ0v) is 20.6. The van der Waals surface area contributed by atoms with Gasteiger partial charge < -0.3 is 20.1 Å². The van der Waals surface area contributed by atoms with Crippen LogP contribution in [0.2, 0.25) is 0 Å². The predicted octanol–water partition coefficient (Wildman–Crippen LogP) is 6.52. The van der Waals surface area contributed by atoms with Crippen molar-refractivity contribution in [1.82, 2.24) is 5.32 Å². The molecular weight excluding hydrogens is 460 g/mol. The molecule has 180 valence electrons. The first-order valence-electron chi connectivity index (χ1n) is 11.6. The molecule has 0 saturated heterocycles. The molecule has 4 aromatic carbocycles. The Bertz CT molecular complexity index is 1350. The van der Waals surface area contributed by atoms with Crippen molar-refractivity contribution in [3.05, 3.63) is 102 Å². The second kappa shape index (κ2) is 10.4. The van der Waals surface area contributed by atoms with Crippen LogP contribution in [0, 0.1) is 6.92 Å². The molecule has 1 aliphatic rings. The molecule has 2 atom stereocenters. The summed E-state index contributed by atoms with van der Waals surface area (Å²) in [6.07, 6.45) is -0.0632. The molecule has 1 heterocycles. The van der Waals surface area contributed by atoms with Gasteiger partial charge in [0.05, 0.1) is 17.8 Å². The lowest BCUT2D eigenvalue weighted by Gasteiger charge is -2.37. The molecule has 2 unspecified atom stereocenters. The second-order valence-electron chi connectivity index (χ2n) is 8.82. The number of fused-ring (bicyclic) bond motifs is 2. The van der Waals surface area contributed by atoms with Crippen molar-refractivity contribution in [3.63, 3.8) is 0 Å². The fourth-order valence-electron chi connectivity index (χ4n) is 4.75. The van der Waals surface area contributed by atoms with Crippen LogP contribution in [0.5, 0.6) is 5.75 Å². The van der Waals surface area contributed by atoms with Crippen LogP contribution in [-0.2, 0) is 0 Å². The fraction of sp³-hybridized carbons (Fsp3) is 0.207. The molecule has 0 amide bonds. The van der Waals surface area contributed by atoms with Gasteiger partial charge in [0, 0.05) is 18.3 Å².